The third kappa shape index (κ3) is 4.36. The molecule has 4 atom stereocenters. The molecular weight excluding hydrogens is 326 g/mol. The summed E-state index contributed by atoms with van der Waals surface area (Å²) in [5, 5.41) is 0. The first-order valence-corrected chi connectivity index (χ1v) is 8.95. The molecule has 25 heavy (non-hydrogen) atoms. The number of benzene rings is 1. The number of epoxide rings is 4. The van der Waals surface area contributed by atoms with Gasteiger partial charge in [-0.25, -0.2) is 0 Å². The molecule has 0 saturated carbocycles. The van der Waals surface area contributed by atoms with Crippen molar-refractivity contribution in [1.82, 2.24) is 0 Å². The molecule has 7 nitrogen and oxygen atoms in total. The van der Waals surface area contributed by atoms with Gasteiger partial charge < -0.3 is 33.3 Å². The molecule has 0 amide bonds. The summed E-state index contributed by atoms with van der Waals surface area (Å²) in [7, 11) is 0. The highest BCUT2D eigenvalue weighted by molar-refractivity contribution is 5.68. The van der Waals surface area contributed by atoms with E-state index in [0.717, 1.165) is 56.7 Å². The van der Waals surface area contributed by atoms with Crippen LogP contribution in [0.1, 0.15) is 0 Å². The smallest absolute Gasteiger partial charge is 0.146 e. The van der Waals surface area contributed by atoms with E-state index in [1.165, 1.54) is 0 Å². The number of rotatable bonds is 11. The molecule has 1 aromatic carbocycles. The van der Waals surface area contributed by atoms with E-state index < -0.39 is 0 Å². The minimum absolute atomic E-state index is 0.212. The first-order valence-electron chi connectivity index (χ1n) is 8.95. The number of para-hydroxylation sites is 1. The van der Waals surface area contributed by atoms with Crippen LogP contribution in [0.25, 0.3) is 0 Å². The van der Waals surface area contributed by atoms with E-state index >= 15 is 0 Å². The van der Waals surface area contributed by atoms with Gasteiger partial charge in [-0.2, -0.15) is 0 Å². The van der Waals surface area contributed by atoms with E-state index in [4.69, 9.17) is 28.4 Å². The minimum atomic E-state index is 0.212. The Morgan fingerprint density at radius 3 is 1.60 bits per heavy atom. The molecule has 1 aromatic rings. The third-order valence-electron chi connectivity index (χ3n) is 4.59. The molecule has 4 aliphatic heterocycles. The van der Waals surface area contributed by atoms with E-state index in [2.05, 4.69) is 4.90 Å². The van der Waals surface area contributed by atoms with Crippen molar-refractivity contribution < 1.29 is 28.4 Å². The molecule has 136 valence electrons. The number of hydrogen-bond donors (Lipinski definition) is 0. The SMILES string of the molecule is c1cc(OCC2CO2)c(N(CC2CO2)CC2CO2)c(OCC2CO2)c1. The van der Waals surface area contributed by atoms with Gasteiger partial charge in [-0.3, -0.25) is 0 Å². The van der Waals surface area contributed by atoms with Crippen molar-refractivity contribution in [2.75, 3.05) is 57.6 Å². The van der Waals surface area contributed by atoms with Gasteiger partial charge in [0.15, 0.2) is 0 Å². The van der Waals surface area contributed by atoms with E-state index in [1.54, 1.807) is 0 Å². The lowest BCUT2D eigenvalue weighted by atomic mass is 10.2. The summed E-state index contributed by atoms with van der Waals surface area (Å²) < 4.78 is 33.5. The van der Waals surface area contributed by atoms with Gasteiger partial charge in [0.1, 0.15) is 42.6 Å². The molecule has 5 rings (SSSR count). The molecule has 0 aliphatic carbocycles. The standard InChI is InChI=1S/C18H23NO6/c1-2-16(24-10-14-8-22-14)18(17(3-1)25-11-15-9-23-15)19(4-12-6-20-12)5-13-7-21-13/h1-3,12-15H,4-11H2. The summed E-state index contributed by atoms with van der Waals surface area (Å²) in [6, 6.07) is 5.95. The molecule has 0 spiro atoms. The van der Waals surface area contributed by atoms with E-state index in [9.17, 15) is 0 Å². The van der Waals surface area contributed by atoms with Crippen molar-refractivity contribution >= 4 is 5.69 Å². The maximum absolute atomic E-state index is 6.05. The largest absolute Gasteiger partial charge is 0.488 e. The van der Waals surface area contributed by atoms with E-state index in [-0.39, 0.29) is 24.4 Å². The normalized spacial score (nSPS) is 31.4. The first kappa shape index (κ1) is 15.7. The maximum atomic E-state index is 6.05. The van der Waals surface area contributed by atoms with Crippen LogP contribution in [0, 0.1) is 0 Å². The van der Waals surface area contributed by atoms with Crippen LogP contribution in [0.4, 0.5) is 5.69 Å². The summed E-state index contributed by atoms with van der Waals surface area (Å²) in [6.07, 6.45) is 0.977. The van der Waals surface area contributed by atoms with Crippen molar-refractivity contribution in [2.24, 2.45) is 0 Å². The average Bonchev–Trinajstić information content (AvgIpc) is 3.47. The minimum Gasteiger partial charge on any atom is -0.488 e. The average molecular weight is 349 g/mol. The second kappa shape index (κ2) is 6.64. The summed E-state index contributed by atoms with van der Waals surface area (Å²) in [5.74, 6) is 1.65. The molecule has 0 aromatic heterocycles. The zero-order chi connectivity index (χ0) is 16.6. The van der Waals surface area contributed by atoms with Crippen molar-refractivity contribution in [3.63, 3.8) is 0 Å². The molecule has 7 heteroatoms. The van der Waals surface area contributed by atoms with Gasteiger partial charge in [0, 0.05) is 13.1 Å². The zero-order valence-electron chi connectivity index (χ0n) is 14.1. The molecule has 0 N–H and O–H groups in total. The fourth-order valence-corrected chi connectivity index (χ4v) is 2.84. The lowest BCUT2D eigenvalue weighted by Gasteiger charge is -2.28. The summed E-state index contributed by atoms with van der Waals surface area (Å²) in [5.41, 5.74) is 0.981. The number of ether oxygens (including phenoxy) is 6. The van der Waals surface area contributed by atoms with Crippen LogP contribution in [0.2, 0.25) is 0 Å². The Bertz CT molecular complexity index is 561. The predicted molar refractivity (Wildman–Crippen MR) is 88.6 cm³/mol. The Morgan fingerprint density at radius 2 is 1.20 bits per heavy atom. The number of nitrogens with zero attached hydrogens (tertiary/aromatic N) is 1. The summed E-state index contributed by atoms with van der Waals surface area (Å²) in [4.78, 5) is 2.28. The fourth-order valence-electron chi connectivity index (χ4n) is 2.84. The Hall–Kier alpha value is -1.54. The third-order valence-corrected chi connectivity index (χ3v) is 4.59. The topological polar surface area (TPSA) is 71.8 Å². The van der Waals surface area contributed by atoms with Crippen molar-refractivity contribution in [3.8, 4) is 11.5 Å². The predicted octanol–water partition coefficient (Wildman–Crippen LogP) is 0.846. The van der Waals surface area contributed by atoms with Crippen LogP contribution < -0.4 is 14.4 Å². The van der Waals surface area contributed by atoms with Gasteiger partial charge in [-0.15, -0.1) is 0 Å². The molecular formula is C18H23NO6. The molecule has 4 heterocycles. The van der Waals surface area contributed by atoms with Crippen LogP contribution in [0.15, 0.2) is 18.2 Å². The Labute approximate surface area is 146 Å². The molecule has 0 radical (unpaired) electrons. The van der Waals surface area contributed by atoms with E-state index in [1.807, 2.05) is 18.2 Å². The van der Waals surface area contributed by atoms with Crippen LogP contribution in [-0.2, 0) is 18.9 Å². The second-order valence-corrected chi connectivity index (χ2v) is 6.95. The van der Waals surface area contributed by atoms with Gasteiger partial charge in [0.2, 0.25) is 0 Å². The van der Waals surface area contributed by atoms with Gasteiger partial charge in [0.25, 0.3) is 0 Å². The van der Waals surface area contributed by atoms with Gasteiger partial charge >= 0.3 is 0 Å². The van der Waals surface area contributed by atoms with Crippen molar-refractivity contribution in [2.45, 2.75) is 24.4 Å². The lowest BCUT2D eigenvalue weighted by molar-refractivity contribution is 0.252. The number of hydrogen-bond acceptors (Lipinski definition) is 7. The monoisotopic (exact) mass is 349 g/mol. The quantitative estimate of drug-likeness (QED) is 0.548. The summed E-state index contributed by atoms with van der Waals surface area (Å²) >= 11 is 0. The lowest BCUT2D eigenvalue weighted by Crippen LogP contribution is -2.32. The maximum Gasteiger partial charge on any atom is 0.146 e. The van der Waals surface area contributed by atoms with Crippen LogP contribution in [-0.4, -0.2) is 77.1 Å². The molecule has 4 unspecified atom stereocenters. The van der Waals surface area contributed by atoms with Crippen molar-refractivity contribution in [1.29, 1.82) is 0 Å². The molecule has 4 aliphatic rings. The van der Waals surface area contributed by atoms with Gasteiger partial charge in [-0.1, -0.05) is 6.07 Å². The Morgan fingerprint density at radius 1 is 0.760 bits per heavy atom. The Balaban J connectivity index is 1.39. The van der Waals surface area contributed by atoms with Crippen LogP contribution in [0.3, 0.4) is 0 Å². The molecule has 0 bridgehead atoms. The first-order chi connectivity index (χ1) is 12.3. The second-order valence-electron chi connectivity index (χ2n) is 6.95. The molecule has 4 fully saturated rings. The van der Waals surface area contributed by atoms with Gasteiger partial charge in [0.05, 0.1) is 38.6 Å². The van der Waals surface area contributed by atoms with Crippen LogP contribution in [0.5, 0.6) is 11.5 Å². The number of anilines is 1. The van der Waals surface area contributed by atoms with Crippen LogP contribution >= 0.6 is 0 Å². The highest BCUT2D eigenvalue weighted by atomic mass is 16.6. The highest BCUT2D eigenvalue weighted by Gasteiger charge is 2.34. The van der Waals surface area contributed by atoms with Crippen molar-refractivity contribution in [3.05, 3.63) is 18.2 Å². The Kier molecular flexibility index (Phi) is 4.17. The van der Waals surface area contributed by atoms with E-state index in [0.29, 0.717) is 13.2 Å². The summed E-state index contributed by atoms with van der Waals surface area (Å²) in [6.45, 7) is 5.94. The molecule has 4 saturated heterocycles. The fraction of sp³-hybridized carbons (Fsp3) is 0.667. The zero-order valence-corrected chi connectivity index (χ0v) is 14.1. The van der Waals surface area contributed by atoms with Gasteiger partial charge in [-0.05, 0) is 12.1 Å². The highest BCUT2D eigenvalue weighted by Crippen LogP contribution is 2.40.